The minimum absolute atomic E-state index is 0.506. The van der Waals surface area contributed by atoms with E-state index < -0.39 is 0 Å². The normalized spacial score (nSPS) is 18.5. The molecule has 2 heterocycles. The van der Waals surface area contributed by atoms with Gasteiger partial charge in [-0.15, -0.1) is 0 Å². The summed E-state index contributed by atoms with van der Waals surface area (Å²) >= 11 is 0. The molecule has 1 aromatic carbocycles. The fourth-order valence-corrected chi connectivity index (χ4v) is 3.45. The molecule has 0 bridgehead atoms. The first kappa shape index (κ1) is 16.1. The maximum absolute atomic E-state index is 5.99. The molecule has 1 fully saturated rings. The lowest BCUT2D eigenvalue weighted by atomic mass is 10.1. The number of ether oxygens (including phenoxy) is 1. The lowest BCUT2D eigenvalue weighted by molar-refractivity contribution is 0.230. The second-order valence-electron chi connectivity index (χ2n) is 6.42. The summed E-state index contributed by atoms with van der Waals surface area (Å²) in [6.07, 6.45) is 2.19. The van der Waals surface area contributed by atoms with E-state index in [9.17, 15) is 0 Å². The Labute approximate surface area is 139 Å². The predicted molar refractivity (Wildman–Crippen MR) is 93.1 cm³/mol. The fraction of sp³-hybridized carbons (Fsp3) is 0.526. The van der Waals surface area contributed by atoms with Gasteiger partial charge >= 0.3 is 0 Å². The Morgan fingerprint density at radius 2 is 2.09 bits per heavy atom. The van der Waals surface area contributed by atoms with Crippen LogP contribution in [0.5, 0.6) is 5.75 Å². The summed E-state index contributed by atoms with van der Waals surface area (Å²) in [4.78, 5) is 2.48. The van der Waals surface area contributed by atoms with Gasteiger partial charge in [0, 0.05) is 25.3 Å². The van der Waals surface area contributed by atoms with Gasteiger partial charge in [-0.2, -0.15) is 5.10 Å². The van der Waals surface area contributed by atoms with Crippen molar-refractivity contribution in [2.75, 3.05) is 26.2 Å². The molecule has 0 amide bonds. The molecule has 1 aromatic heterocycles. The van der Waals surface area contributed by atoms with Crippen molar-refractivity contribution in [3.8, 4) is 5.75 Å². The van der Waals surface area contributed by atoms with Crippen molar-refractivity contribution >= 4 is 0 Å². The highest BCUT2D eigenvalue weighted by Crippen LogP contribution is 2.23. The highest BCUT2D eigenvalue weighted by atomic mass is 16.5. The van der Waals surface area contributed by atoms with Gasteiger partial charge in [0.15, 0.2) is 0 Å². The van der Waals surface area contributed by atoms with Crippen molar-refractivity contribution in [3.05, 3.63) is 47.3 Å². The summed E-state index contributed by atoms with van der Waals surface area (Å²) in [5, 5.41) is 4.64. The summed E-state index contributed by atoms with van der Waals surface area (Å²) in [6, 6.07) is 11.0. The molecule has 4 heteroatoms. The van der Waals surface area contributed by atoms with Crippen LogP contribution in [0, 0.1) is 13.8 Å². The Bertz CT molecular complexity index is 650. The number of likely N-dealkylation sites (tertiary alicyclic amines) is 1. The molecule has 1 atom stereocenters. The molecular weight excluding hydrogens is 286 g/mol. The number of nitrogens with zero attached hydrogens (tertiary/aromatic N) is 3. The first-order valence-corrected chi connectivity index (χ1v) is 8.63. The van der Waals surface area contributed by atoms with Gasteiger partial charge in [-0.25, -0.2) is 0 Å². The van der Waals surface area contributed by atoms with Gasteiger partial charge in [0.1, 0.15) is 12.4 Å². The number of hydrogen-bond acceptors (Lipinski definition) is 3. The quantitative estimate of drug-likeness (QED) is 0.819. The summed E-state index contributed by atoms with van der Waals surface area (Å²) < 4.78 is 8.19. The molecule has 0 saturated carbocycles. The number of aryl methyl sites for hydroxylation is 3. The summed E-state index contributed by atoms with van der Waals surface area (Å²) in [5.41, 5.74) is 3.66. The van der Waals surface area contributed by atoms with Crippen LogP contribution in [0.3, 0.4) is 0 Å². The van der Waals surface area contributed by atoms with E-state index in [1.165, 1.54) is 17.7 Å². The Kier molecular flexibility index (Phi) is 5.01. The Morgan fingerprint density at radius 3 is 2.83 bits per heavy atom. The maximum Gasteiger partial charge on any atom is 0.122 e. The standard InChI is InChI=1S/C19H27N3O/c1-4-17-7-5-6-8-19(17)23-12-11-21-10-9-18(14-21)22-16(3)13-15(2)20-22/h5-8,13,18H,4,9-12,14H2,1-3H3/t18-/m0/s1. The summed E-state index contributed by atoms with van der Waals surface area (Å²) in [5.74, 6) is 1.03. The van der Waals surface area contributed by atoms with Crippen molar-refractivity contribution in [2.45, 2.75) is 39.7 Å². The van der Waals surface area contributed by atoms with E-state index in [2.05, 4.69) is 59.7 Å². The first-order chi connectivity index (χ1) is 11.2. The van der Waals surface area contributed by atoms with Crippen LogP contribution in [0.25, 0.3) is 0 Å². The molecule has 4 nitrogen and oxygen atoms in total. The maximum atomic E-state index is 5.99. The second kappa shape index (κ2) is 7.18. The van der Waals surface area contributed by atoms with Crippen molar-refractivity contribution in [1.29, 1.82) is 0 Å². The third-order valence-electron chi connectivity index (χ3n) is 4.66. The van der Waals surface area contributed by atoms with E-state index in [-0.39, 0.29) is 0 Å². The third kappa shape index (κ3) is 3.75. The minimum Gasteiger partial charge on any atom is -0.492 e. The van der Waals surface area contributed by atoms with Crippen LogP contribution in [0.1, 0.15) is 36.3 Å². The van der Waals surface area contributed by atoms with Crippen molar-refractivity contribution in [3.63, 3.8) is 0 Å². The van der Waals surface area contributed by atoms with Crippen LogP contribution in [-0.2, 0) is 6.42 Å². The molecule has 1 saturated heterocycles. The topological polar surface area (TPSA) is 30.3 Å². The molecule has 1 aliphatic rings. The molecule has 1 aliphatic heterocycles. The largest absolute Gasteiger partial charge is 0.492 e. The molecule has 0 unspecified atom stereocenters. The van der Waals surface area contributed by atoms with Gasteiger partial charge in [0.25, 0.3) is 0 Å². The van der Waals surface area contributed by atoms with Gasteiger partial charge in [-0.05, 0) is 44.4 Å². The number of benzene rings is 1. The highest BCUT2D eigenvalue weighted by molar-refractivity contribution is 5.33. The molecule has 2 aromatic rings. The van der Waals surface area contributed by atoms with Crippen LogP contribution in [0.15, 0.2) is 30.3 Å². The van der Waals surface area contributed by atoms with Crippen molar-refractivity contribution in [1.82, 2.24) is 14.7 Å². The number of hydrogen-bond donors (Lipinski definition) is 0. The molecular formula is C19H27N3O. The Balaban J connectivity index is 1.50. The minimum atomic E-state index is 0.506. The molecule has 0 radical (unpaired) electrons. The molecule has 0 spiro atoms. The van der Waals surface area contributed by atoms with Gasteiger partial charge in [0.2, 0.25) is 0 Å². The summed E-state index contributed by atoms with van der Waals surface area (Å²) in [7, 11) is 0. The molecule has 124 valence electrons. The third-order valence-corrected chi connectivity index (χ3v) is 4.66. The van der Waals surface area contributed by atoms with E-state index in [1.807, 2.05) is 6.07 Å². The Hall–Kier alpha value is -1.81. The fourth-order valence-electron chi connectivity index (χ4n) is 3.45. The van der Waals surface area contributed by atoms with Gasteiger partial charge in [-0.3, -0.25) is 9.58 Å². The van der Waals surface area contributed by atoms with Gasteiger partial charge < -0.3 is 4.74 Å². The number of aromatic nitrogens is 2. The van der Waals surface area contributed by atoms with E-state index in [1.54, 1.807) is 0 Å². The van der Waals surface area contributed by atoms with Crippen LogP contribution in [-0.4, -0.2) is 40.9 Å². The van der Waals surface area contributed by atoms with Gasteiger partial charge in [-0.1, -0.05) is 25.1 Å². The average molecular weight is 313 g/mol. The van der Waals surface area contributed by atoms with E-state index in [0.717, 1.165) is 44.1 Å². The predicted octanol–water partition coefficient (Wildman–Crippen LogP) is 3.39. The monoisotopic (exact) mass is 313 g/mol. The SMILES string of the molecule is CCc1ccccc1OCCN1CC[C@H](n2nc(C)cc2C)C1. The van der Waals surface area contributed by atoms with Gasteiger partial charge in [0.05, 0.1) is 11.7 Å². The zero-order chi connectivity index (χ0) is 16.2. The first-order valence-electron chi connectivity index (χ1n) is 8.63. The zero-order valence-corrected chi connectivity index (χ0v) is 14.5. The summed E-state index contributed by atoms with van der Waals surface area (Å²) in [6.45, 7) is 10.3. The number of para-hydroxylation sites is 1. The second-order valence-corrected chi connectivity index (χ2v) is 6.42. The lowest BCUT2D eigenvalue weighted by Gasteiger charge is -2.18. The van der Waals surface area contributed by atoms with Crippen LogP contribution < -0.4 is 4.74 Å². The lowest BCUT2D eigenvalue weighted by Crippen LogP contribution is -2.27. The van der Waals surface area contributed by atoms with Crippen LogP contribution in [0.2, 0.25) is 0 Å². The highest BCUT2D eigenvalue weighted by Gasteiger charge is 2.25. The van der Waals surface area contributed by atoms with E-state index in [4.69, 9.17) is 4.74 Å². The molecule has 3 rings (SSSR count). The molecule has 0 N–H and O–H groups in total. The Morgan fingerprint density at radius 1 is 1.26 bits per heavy atom. The smallest absolute Gasteiger partial charge is 0.122 e. The average Bonchev–Trinajstić information content (AvgIpc) is 3.14. The van der Waals surface area contributed by atoms with Crippen molar-refractivity contribution in [2.24, 2.45) is 0 Å². The molecule has 0 aliphatic carbocycles. The van der Waals surface area contributed by atoms with Crippen LogP contribution in [0.4, 0.5) is 0 Å². The number of rotatable bonds is 6. The van der Waals surface area contributed by atoms with Crippen molar-refractivity contribution < 1.29 is 4.74 Å². The van der Waals surface area contributed by atoms with E-state index >= 15 is 0 Å². The molecule has 23 heavy (non-hydrogen) atoms. The van der Waals surface area contributed by atoms with Crippen LogP contribution >= 0.6 is 0 Å². The zero-order valence-electron chi connectivity index (χ0n) is 14.5. The van der Waals surface area contributed by atoms with E-state index in [0.29, 0.717) is 6.04 Å².